The maximum Gasteiger partial charge on any atom is 0.243 e. The number of rotatable bonds is 5. The Labute approximate surface area is 106 Å². The van der Waals surface area contributed by atoms with Crippen LogP contribution < -0.4 is 10.6 Å². The molecule has 1 aromatic rings. The molecule has 1 aliphatic heterocycles. The second-order valence-electron chi connectivity index (χ2n) is 4.20. The first-order valence-corrected chi connectivity index (χ1v) is 5.92. The van der Waals surface area contributed by atoms with E-state index in [1.807, 2.05) is 24.3 Å². The molecule has 0 bridgehead atoms. The minimum absolute atomic E-state index is 0.0368. The van der Waals surface area contributed by atoms with Gasteiger partial charge in [-0.25, -0.2) is 0 Å². The van der Waals surface area contributed by atoms with Crippen molar-refractivity contribution in [3.05, 3.63) is 29.8 Å². The number of methoxy groups -OCH3 is 2. The molecule has 0 unspecified atom stereocenters. The van der Waals surface area contributed by atoms with E-state index in [-0.39, 0.29) is 11.9 Å². The van der Waals surface area contributed by atoms with E-state index in [1.165, 1.54) is 5.56 Å². The Morgan fingerprint density at radius 1 is 1.44 bits per heavy atom. The zero-order valence-electron chi connectivity index (χ0n) is 10.6. The van der Waals surface area contributed by atoms with Gasteiger partial charge < -0.3 is 20.1 Å². The second kappa shape index (κ2) is 5.84. The first-order chi connectivity index (χ1) is 8.74. The summed E-state index contributed by atoms with van der Waals surface area (Å²) in [4.78, 5) is 12.0. The molecule has 5 nitrogen and oxygen atoms in total. The third kappa shape index (κ3) is 2.80. The van der Waals surface area contributed by atoms with Crippen LogP contribution in [0.25, 0.3) is 0 Å². The molecular formula is C13H18N2O3. The maximum absolute atomic E-state index is 12.0. The van der Waals surface area contributed by atoms with Gasteiger partial charge in [0.1, 0.15) is 6.04 Å². The number of ether oxygens (including phenoxy) is 2. The number of anilines is 1. The summed E-state index contributed by atoms with van der Waals surface area (Å²) >= 11 is 0. The number of hydrogen-bond acceptors (Lipinski definition) is 4. The minimum atomic E-state index is -0.405. The smallest absolute Gasteiger partial charge is 0.243 e. The number of carbonyl (C=O) groups excluding carboxylic acids is 1. The number of nitrogens with one attached hydrogen (secondary N) is 2. The number of para-hydroxylation sites is 1. The van der Waals surface area contributed by atoms with Gasteiger partial charge in [0.15, 0.2) is 6.29 Å². The zero-order valence-corrected chi connectivity index (χ0v) is 10.6. The van der Waals surface area contributed by atoms with E-state index in [2.05, 4.69) is 10.6 Å². The topological polar surface area (TPSA) is 59.6 Å². The fraction of sp³-hybridized carbons (Fsp3) is 0.462. The van der Waals surface area contributed by atoms with Crippen molar-refractivity contribution in [3.63, 3.8) is 0 Å². The van der Waals surface area contributed by atoms with Crippen LogP contribution in [-0.4, -0.2) is 39.0 Å². The summed E-state index contributed by atoms with van der Waals surface area (Å²) in [5.41, 5.74) is 2.21. The molecule has 0 radical (unpaired) electrons. The van der Waals surface area contributed by atoms with Gasteiger partial charge in [0, 0.05) is 26.3 Å². The molecule has 0 aliphatic carbocycles. The van der Waals surface area contributed by atoms with Crippen LogP contribution in [0.3, 0.4) is 0 Å². The Kier molecular flexibility index (Phi) is 4.17. The van der Waals surface area contributed by atoms with Gasteiger partial charge in [0.05, 0.1) is 6.54 Å². The SMILES string of the molecule is COC(CNC(=O)[C@@H]1Cc2ccccc2N1)OC. The second-order valence-corrected chi connectivity index (χ2v) is 4.20. The number of amides is 1. The Morgan fingerprint density at radius 2 is 2.17 bits per heavy atom. The van der Waals surface area contributed by atoms with Crippen LogP contribution in [0.1, 0.15) is 5.56 Å². The summed E-state index contributed by atoms with van der Waals surface area (Å²) in [6.45, 7) is 0.348. The van der Waals surface area contributed by atoms with Crippen molar-refractivity contribution < 1.29 is 14.3 Å². The normalized spacial score (nSPS) is 17.4. The third-order valence-electron chi connectivity index (χ3n) is 3.06. The van der Waals surface area contributed by atoms with Crippen molar-refractivity contribution in [1.82, 2.24) is 5.32 Å². The lowest BCUT2D eigenvalue weighted by Crippen LogP contribution is -2.42. The fourth-order valence-electron chi connectivity index (χ4n) is 2.03. The first-order valence-electron chi connectivity index (χ1n) is 5.92. The standard InChI is InChI=1S/C13H18N2O3/c1-17-12(18-2)8-14-13(16)11-7-9-5-3-4-6-10(9)15-11/h3-6,11-12,15H,7-8H2,1-2H3,(H,14,16)/t11-/m0/s1. The van der Waals surface area contributed by atoms with E-state index < -0.39 is 6.29 Å². The Bertz CT molecular complexity index is 393. The summed E-state index contributed by atoms with van der Waals surface area (Å²) in [7, 11) is 3.09. The van der Waals surface area contributed by atoms with E-state index >= 15 is 0 Å². The number of carbonyl (C=O) groups is 1. The van der Waals surface area contributed by atoms with Gasteiger partial charge in [0.25, 0.3) is 0 Å². The molecule has 0 saturated heterocycles. The highest BCUT2D eigenvalue weighted by molar-refractivity contribution is 5.87. The molecule has 1 amide bonds. The van der Waals surface area contributed by atoms with Crippen LogP contribution >= 0.6 is 0 Å². The molecule has 98 valence electrons. The fourth-order valence-corrected chi connectivity index (χ4v) is 2.03. The molecule has 0 saturated carbocycles. The number of benzene rings is 1. The molecule has 0 spiro atoms. The Balaban J connectivity index is 1.86. The molecule has 18 heavy (non-hydrogen) atoms. The van der Waals surface area contributed by atoms with E-state index in [9.17, 15) is 4.79 Å². The molecule has 2 N–H and O–H groups in total. The van der Waals surface area contributed by atoms with Gasteiger partial charge in [-0.15, -0.1) is 0 Å². The van der Waals surface area contributed by atoms with Crippen LogP contribution in [0.4, 0.5) is 5.69 Å². The van der Waals surface area contributed by atoms with E-state index in [4.69, 9.17) is 9.47 Å². The van der Waals surface area contributed by atoms with Gasteiger partial charge in [0.2, 0.25) is 5.91 Å². The van der Waals surface area contributed by atoms with Crippen LogP contribution in [0, 0.1) is 0 Å². The first kappa shape index (κ1) is 12.9. The van der Waals surface area contributed by atoms with Crippen LogP contribution in [-0.2, 0) is 20.7 Å². The van der Waals surface area contributed by atoms with E-state index in [1.54, 1.807) is 14.2 Å². The van der Waals surface area contributed by atoms with Gasteiger partial charge in [-0.1, -0.05) is 18.2 Å². The molecule has 5 heteroatoms. The van der Waals surface area contributed by atoms with Crippen molar-refractivity contribution in [1.29, 1.82) is 0 Å². The van der Waals surface area contributed by atoms with Crippen molar-refractivity contribution >= 4 is 11.6 Å². The number of fused-ring (bicyclic) bond motifs is 1. The summed E-state index contributed by atoms with van der Waals surface area (Å²) in [6.07, 6.45) is 0.310. The zero-order chi connectivity index (χ0) is 13.0. The maximum atomic E-state index is 12.0. The predicted octanol–water partition coefficient (Wildman–Crippen LogP) is 0.758. The molecule has 2 rings (SSSR count). The van der Waals surface area contributed by atoms with Crippen molar-refractivity contribution in [2.45, 2.75) is 18.8 Å². The van der Waals surface area contributed by atoms with Crippen LogP contribution in [0.2, 0.25) is 0 Å². The monoisotopic (exact) mass is 250 g/mol. The molecule has 1 heterocycles. The van der Waals surface area contributed by atoms with E-state index in [0.29, 0.717) is 13.0 Å². The lowest BCUT2D eigenvalue weighted by atomic mass is 10.1. The highest BCUT2D eigenvalue weighted by atomic mass is 16.7. The molecule has 1 aromatic carbocycles. The van der Waals surface area contributed by atoms with Crippen molar-refractivity contribution in [3.8, 4) is 0 Å². The van der Waals surface area contributed by atoms with Crippen molar-refractivity contribution in [2.24, 2.45) is 0 Å². The summed E-state index contributed by atoms with van der Waals surface area (Å²) < 4.78 is 10.0. The lowest BCUT2D eigenvalue weighted by molar-refractivity contribution is -0.128. The van der Waals surface area contributed by atoms with Crippen LogP contribution in [0.5, 0.6) is 0 Å². The largest absolute Gasteiger partial charge is 0.373 e. The van der Waals surface area contributed by atoms with Crippen molar-refractivity contribution in [2.75, 3.05) is 26.1 Å². The Hall–Kier alpha value is -1.59. The highest BCUT2D eigenvalue weighted by Gasteiger charge is 2.26. The quantitative estimate of drug-likeness (QED) is 0.757. The summed E-state index contributed by atoms with van der Waals surface area (Å²) in [5.74, 6) is -0.0368. The third-order valence-corrected chi connectivity index (χ3v) is 3.06. The van der Waals surface area contributed by atoms with Crippen LogP contribution in [0.15, 0.2) is 24.3 Å². The molecule has 1 aliphatic rings. The minimum Gasteiger partial charge on any atom is -0.373 e. The summed E-state index contributed by atoms with van der Waals surface area (Å²) in [5, 5.41) is 6.01. The van der Waals surface area contributed by atoms with Gasteiger partial charge in [-0.2, -0.15) is 0 Å². The van der Waals surface area contributed by atoms with Gasteiger partial charge in [-0.05, 0) is 11.6 Å². The predicted molar refractivity (Wildman–Crippen MR) is 68.4 cm³/mol. The molecule has 1 atom stereocenters. The number of hydrogen-bond donors (Lipinski definition) is 2. The average molecular weight is 250 g/mol. The lowest BCUT2D eigenvalue weighted by Gasteiger charge is -2.16. The van der Waals surface area contributed by atoms with Gasteiger partial charge >= 0.3 is 0 Å². The molecule has 0 fully saturated rings. The highest BCUT2D eigenvalue weighted by Crippen LogP contribution is 2.24. The Morgan fingerprint density at radius 3 is 2.83 bits per heavy atom. The molecule has 0 aromatic heterocycles. The van der Waals surface area contributed by atoms with E-state index in [0.717, 1.165) is 5.69 Å². The average Bonchev–Trinajstić information content (AvgIpc) is 2.83. The molecular weight excluding hydrogens is 232 g/mol. The summed E-state index contributed by atoms with van der Waals surface area (Å²) in [6, 6.07) is 7.74. The van der Waals surface area contributed by atoms with Gasteiger partial charge in [-0.3, -0.25) is 4.79 Å².